The molecule has 33 heavy (non-hydrogen) atoms. The van der Waals surface area contributed by atoms with Gasteiger partial charge < -0.3 is 20.1 Å². The summed E-state index contributed by atoms with van der Waals surface area (Å²) in [6.45, 7) is 9.96. The quantitative estimate of drug-likeness (QED) is 0.374. The van der Waals surface area contributed by atoms with Crippen LogP contribution in [0.2, 0.25) is 0 Å². The molecular formula is C25H29FN4O3. The number of hydrogen-bond donors (Lipinski definition) is 2. The van der Waals surface area contributed by atoms with Gasteiger partial charge in [0, 0.05) is 11.4 Å². The molecule has 0 amide bonds. The summed E-state index contributed by atoms with van der Waals surface area (Å²) in [4.78, 5) is 20.4. The lowest BCUT2D eigenvalue weighted by Gasteiger charge is -2.16. The predicted octanol–water partition coefficient (Wildman–Crippen LogP) is 6.19. The third-order valence-corrected chi connectivity index (χ3v) is 4.66. The molecule has 3 aromatic rings. The highest BCUT2D eigenvalue weighted by Gasteiger charge is 2.15. The average Bonchev–Trinajstić information content (AvgIpc) is 2.77. The molecule has 3 rings (SSSR count). The van der Waals surface area contributed by atoms with Crippen LogP contribution in [0, 0.1) is 5.82 Å². The van der Waals surface area contributed by atoms with E-state index in [0.29, 0.717) is 17.9 Å². The highest BCUT2D eigenvalue weighted by atomic mass is 19.1. The van der Waals surface area contributed by atoms with Crippen molar-refractivity contribution in [1.82, 2.24) is 9.97 Å². The zero-order valence-corrected chi connectivity index (χ0v) is 19.5. The van der Waals surface area contributed by atoms with Gasteiger partial charge in [-0.15, -0.1) is 0 Å². The first-order valence-corrected chi connectivity index (χ1v) is 10.9. The van der Waals surface area contributed by atoms with Gasteiger partial charge in [-0.3, -0.25) is 0 Å². The fourth-order valence-corrected chi connectivity index (χ4v) is 3.16. The smallest absolute Gasteiger partial charge is 0.338 e. The maximum Gasteiger partial charge on any atom is 0.338 e. The van der Waals surface area contributed by atoms with Crippen molar-refractivity contribution in [3.63, 3.8) is 0 Å². The second kappa shape index (κ2) is 10.8. The number of hydrogen-bond acceptors (Lipinski definition) is 7. The molecule has 0 saturated heterocycles. The molecule has 0 unspecified atom stereocenters. The summed E-state index contributed by atoms with van der Waals surface area (Å²) in [6, 6.07) is 12.5. The van der Waals surface area contributed by atoms with Gasteiger partial charge in [0.2, 0.25) is 5.95 Å². The Morgan fingerprint density at radius 2 is 1.79 bits per heavy atom. The number of halogens is 1. The van der Waals surface area contributed by atoms with Crippen LogP contribution in [0.1, 0.15) is 56.5 Å². The monoisotopic (exact) mass is 452 g/mol. The second-order valence-corrected chi connectivity index (χ2v) is 8.01. The normalized spacial score (nSPS) is 10.9. The van der Waals surface area contributed by atoms with Crippen molar-refractivity contribution in [1.29, 1.82) is 0 Å². The predicted molar refractivity (Wildman–Crippen MR) is 127 cm³/mol. The number of carbonyl (C=O) groups excluding carboxylic acids is 1. The topological polar surface area (TPSA) is 85.4 Å². The first-order chi connectivity index (χ1) is 15.8. The van der Waals surface area contributed by atoms with Crippen LogP contribution in [0.15, 0.2) is 48.7 Å². The molecule has 0 radical (unpaired) electrons. The molecule has 0 aliphatic rings. The molecule has 0 atom stereocenters. The third-order valence-electron chi connectivity index (χ3n) is 4.66. The lowest BCUT2D eigenvalue weighted by atomic mass is 9.98. The van der Waals surface area contributed by atoms with Crippen molar-refractivity contribution in [2.75, 3.05) is 17.2 Å². The number of carbonyl (C=O) groups is 1. The van der Waals surface area contributed by atoms with Crippen molar-refractivity contribution in [3.05, 3.63) is 65.6 Å². The van der Waals surface area contributed by atoms with E-state index >= 15 is 0 Å². The summed E-state index contributed by atoms with van der Waals surface area (Å²) in [7, 11) is 0. The number of ether oxygens (including phenoxy) is 2. The van der Waals surface area contributed by atoms with Crippen LogP contribution in [-0.2, 0) is 4.74 Å². The summed E-state index contributed by atoms with van der Waals surface area (Å²) in [6.07, 6.45) is 1.19. The largest absolute Gasteiger partial charge is 0.491 e. The lowest BCUT2D eigenvalue weighted by molar-refractivity contribution is 0.0526. The van der Waals surface area contributed by atoms with E-state index in [4.69, 9.17) is 9.47 Å². The molecule has 0 bridgehead atoms. The van der Waals surface area contributed by atoms with Gasteiger partial charge in [0.1, 0.15) is 5.75 Å². The second-order valence-electron chi connectivity index (χ2n) is 8.01. The number of anilines is 4. The third kappa shape index (κ3) is 6.41. The Labute approximate surface area is 193 Å². The van der Waals surface area contributed by atoms with Gasteiger partial charge >= 0.3 is 5.97 Å². The Morgan fingerprint density at radius 1 is 1.06 bits per heavy atom. The van der Waals surface area contributed by atoms with Crippen LogP contribution in [0.3, 0.4) is 0 Å². The number of esters is 1. The van der Waals surface area contributed by atoms with Crippen molar-refractivity contribution >= 4 is 29.1 Å². The van der Waals surface area contributed by atoms with Crippen molar-refractivity contribution in [2.45, 2.75) is 46.6 Å². The SMILES string of the molecule is CCOC(=O)c1ccc(Nc2nc(Nc3ccc(OC(C)C)cc3)ncc2F)c(C(C)C)c1. The molecule has 1 heterocycles. The van der Waals surface area contributed by atoms with Gasteiger partial charge in [0.05, 0.1) is 24.5 Å². The van der Waals surface area contributed by atoms with E-state index in [1.807, 2.05) is 52.0 Å². The molecule has 8 heteroatoms. The maximum atomic E-state index is 14.5. The molecule has 0 saturated carbocycles. The maximum absolute atomic E-state index is 14.5. The zero-order chi connectivity index (χ0) is 24.0. The van der Waals surface area contributed by atoms with E-state index in [0.717, 1.165) is 23.2 Å². The number of nitrogens with one attached hydrogen (secondary N) is 2. The standard InChI is InChI=1S/C25H29FN4O3/c1-6-32-24(31)17-7-12-22(20(13-17)15(2)3)29-23-21(26)14-27-25(30-23)28-18-8-10-19(11-9-18)33-16(4)5/h7-16H,6H2,1-5H3,(H2,27,28,29,30). The van der Waals surface area contributed by atoms with Crippen LogP contribution in [0.25, 0.3) is 0 Å². The van der Waals surface area contributed by atoms with E-state index in [1.54, 1.807) is 25.1 Å². The molecular weight excluding hydrogens is 423 g/mol. The summed E-state index contributed by atoms with van der Waals surface area (Å²) < 4.78 is 25.2. The molecule has 0 spiro atoms. The van der Waals surface area contributed by atoms with Crippen LogP contribution < -0.4 is 15.4 Å². The van der Waals surface area contributed by atoms with Crippen molar-refractivity contribution in [3.8, 4) is 5.75 Å². The van der Waals surface area contributed by atoms with E-state index in [2.05, 4.69) is 20.6 Å². The Bertz CT molecular complexity index is 1100. The molecule has 0 aliphatic heterocycles. The minimum atomic E-state index is -0.592. The summed E-state index contributed by atoms with van der Waals surface area (Å²) in [5, 5.41) is 6.11. The molecule has 0 fully saturated rings. The van der Waals surface area contributed by atoms with Crippen LogP contribution in [0.5, 0.6) is 5.75 Å². The number of rotatable bonds is 9. The highest BCUT2D eigenvalue weighted by molar-refractivity contribution is 5.90. The van der Waals surface area contributed by atoms with E-state index in [1.165, 1.54) is 0 Å². The molecule has 7 nitrogen and oxygen atoms in total. The molecule has 2 N–H and O–H groups in total. The minimum absolute atomic E-state index is 0.0260. The van der Waals surface area contributed by atoms with E-state index in [-0.39, 0.29) is 23.8 Å². The zero-order valence-electron chi connectivity index (χ0n) is 19.5. The Hall–Kier alpha value is -3.68. The fourth-order valence-electron chi connectivity index (χ4n) is 3.16. The van der Waals surface area contributed by atoms with Crippen LogP contribution in [-0.4, -0.2) is 28.6 Å². The summed E-state index contributed by atoms with van der Waals surface area (Å²) in [5.41, 5.74) is 2.68. The van der Waals surface area contributed by atoms with Crippen LogP contribution >= 0.6 is 0 Å². The summed E-state index contributed by atoms with van der Waals surface area (Å²) in [5.74, 6) is 0.117. The summed E-state index contributed by atoms with van der Waals surface area (Å²) >= 11 is 0. The van der Waals surface area contributed by atoms with Gasteiger partial charge in [-0.2, -0.15) is 4.98 Å². The number of aromatic nitrogens is 2. The van der Waals surface area contributed by atoms with Gasteiger partial charge in [0.15, 0.2) is 11.6 Å². The van der Waals surface area contributed by atoms with Gasteiger partial charge in [-0.05, 0) is 74.7 Å². The average molecular weight is 453 g/mol. The first-order valence-electron chi connectivity index (χ1n) is 10.9. The van der Waals surface area contributed by atoms with Gasteiger partial charge in [-0.25, -0.2) is 14.2 Å². The van der Waals surface area contributed by atoms with Gasteiger partial charge in [0.25, 0.3) is 0 Å². The Kier molecular flexibility index (Phi) is 7.82. The first kappa shape index (κ1) is 24.0. The van der Waals surface area contributed by atoms with Gasteiger partial charge in [-0.1, -0.05) is 13.8 Å². The molecule has 2 aromatic carbocycles. The molecule has 174 valence electrons. The van der Waals surface area contributed by atoms with Crippen LogP contribution in [0.4, 0.5) is 27.5 Å². The Morgan fingerprint density at radius 3 is 2.42 bits per heavy atom. The van der Waals surface area contributed by atoms with E-state index in [9.17, 15) is 9.18 Å². The van der Waals surface area contributed by atoms with E-state index < -0.39 is 11.8 Å². The number of nitrogens with zero attached hydrogens (tertiary/aromatic N) is 2. The van der Waals surface area contributed by atoms with Crippen molar-refractivity contribution in [2.24, 2.45) is 0 Å². The molecule has 1 aromatic heterocycles. The lowest BCUT2D eigenvalue weighted by Crippen LogP contribution is -2.08. The Balaban J connectivity index is 1.82. The van der Waals surface area contributed by atoms with Crippen molar-refractivity contribution < 1.29 is 18.7 Å². The fraction of sp³-hybridized carbons (Fsp3) is 0.320. The number of benzene rings is 2. The minimum Gasteiger partial charge on any atom is -0.491 e. The highest BCUT2D eigenvalue weighted by Crippen LogP contribution is 2.29. The molecule has 0 aliphatic carbocycles.